The normalized spacial score (nSPS) is 11.6. The maximum atomic E-state index is 12.4. The number of hydrogen-bond donors (Lipinski definition) is 1. The van der Waals surface area contributed by atoms with E-state index in [0.29, 0.717) is 22.2 Å². The van der Waals surface area contributed by atoms with Gasteiger partial charge in [-0.1, -0.05) is 17.7 Å². The van der Waals surface area contributed by atoms with Crippen molar-refractivity contribution in [1.82, 2.24) is 4.98 Å². The van der Waals surface area contributed by atoms with Crippen LogP contribution in [0.1, 0.15) is 18.4 Å². The highest BCUT2D eigenvalue weighted by Crippen LogP contribution is 2.32. The molecule has 166 valence electrons. The SMILES string of the molecule is COc1ccc2oc(-c3csc(NC(=O)CCCS(=O)(=O)c4ccc(C)cc4)n3)cc2c1. The summed E-state index contributed by atoms with van der Waals surface area (Å²) in [5.74, 6) is 0.962. The van der Waals surface area contributed by atoms with Crippen molar-refractivity contribution in [3.05, 3.63) is 59.5 Å². The molecule has 32 heavy (non-hydrogen) atoms. The van der Waals surface area contributed by atoms with Crippen molar-refractivity contribution in [1.29, 1.82) is 0 Å². The molecule has 9 heteroatoms. The van der Waals surface area contributed by atoms with Crippen LogP contribution in [0.2, 0.25) is 0 Å². The third-order valence-corrected chi connectivity index (χ3v) is 7.50. The predicted octanol–water partition coefficient (Wildman–Crippen LogP) is 5.07. The van der Waals surface area contributed by atoms with Crippen molar-refractivity contribution in [2.45, 2.75) is 24.7 Å². The molecule has 0 fully saturated rings. The number of carbonyl (C=O) groups excluding carboxylic acids is 1. The second kappa shape index (κ2) is 9.13. The molecule has 0 aliphatic heterocycles. The number of rotatable bonds is 8. The number of aromatic nitrogens is 1. The summed E-state index contributed by atoms with van der Waals surface area (Å²) < 4.78 is 35.9. The van der Waals surface area contributed by atoms with Gasteiger partial charge in [-0.25, -0.2) is 13.4 Å². The second-order valence-corrected chi connectivity index (χ2v) is 10.3. The molecule has 4 aromatic rings. The average molecular weight is 471 g/mol. The van der Waals surface area contributed by atoms with Crippen molar-refractivity contribution in [2.24, 2.45) is 0 Å². The fourth-order valence-electron chi connectivity index (χ4n) is 3.19. The lowest BCUT2D eigenvalue weighted by Gasteiger charge is -2.05. The number of benzene rings is 2. The Bertz CT molecular complexity index is 1350. The van der Waals surface area contributed by atoms with E-state index in [1.165, 1.54) is 11.3 Å². The number of sulfone groups is 1. The predicted molar refractivity (Wildman–Crippen MR) is 125 cm³/mol. The van der Waals surface area contributed by atoms with Gasteiger partial charge in [0.15, 0.2) is 20.7 Å². The minimum absolute atomic E-state index is 0.0877. The summed E-state index contributed by atoms with van der Waals surface area (Å²) in [6.45, 7) is 1.90. The number of methoxy groups -OCH3 is 1. The Morgan fingerprint density at radius 2 is 1.94 bits per heavy atom. The number of carbonyl (C=O) groups is 1. The van der Waals surface area contributed by atoms with Gasteiger partial charge in [-0.3, -0.25) is 4.79 Å². The van der Waals surface area contributed by atoms with Gasteiger partial charge < -0.3 is 14.5 Å². The largest absolute Gasteiger partial charge is 0.497 e. The van der Waals surface area contributed by atoms with E-state index < -0.39 is 9.84 Å². The fourth-order valence-corrected chi connectivity index (χ4v) is 5.21. The standard InChI is InChI=1S/C23H22N2O5S2/c1-15-5-8-18(9-6-15)32(27,28)11-3-4-22(26)25-23-24-19(14-31-23)21-13-16-12-17(29-2)7-10-20(16)30-21/h5-10,12-14H,3-4,11H2,1-2H3,(H,24,25,26). The summed E-state index contributed by atoms with van der Waals surface area (Å²) in [4.78, 5) is 16.9. The van der Waals surface area contributed by atoms with Crippen LogP contribution in [0.5, 0.6) is 5.75 Å². The molecule has 0 bridgehead atoms. The second-order valence-electron chi connectivity index (χ2n) is 7.34. The van der Waals surface area contributed by atoms with E-state index >= 15 is 0 Å². The lowest BCUT2D eigenvalue weighted by atomic mass is 10.2. The maximum Gasteiger partial charge on any atom is 0.226 e. The van der Waals surface area contributed by atoms with Crippen LogP contribution in [0.25, 0.3) is 22.4 Å². The van der Waals surface area contributed by atoms with Crippen LogP contribution in [0.15, 0.2) is 63.2 Å². The van der Waals surface area contributed by atoms with E-state index in [9.17, 15) is 13.2 Å². The topological polar surface area (TPSA) is 98.5 Å². The van der Waals surface area contributed by atoms with Gasteiger partial charge in [-0.05, 0) is 49.7 Å². The van der Waals surface area contributed by atoms with E-state index in [0.717, 1.165) is 16.7 Å². The zero-order chi connectivity index (χ0) is 22.7. The zero-order valence-corrected chi connectivity index (χ0v) is 19.3. The summed E-state index contributed by atoms with van der Waals surface area (Å²) in [6.07, 6.45) is 0.316. The number of nitrogens with zero attached hydrogens (tertiary/aromatic N) is 1. The first-order valence-corrected chi connectivity index (χ1v) is 12.5. The van der Waals surface area contributed by atoms with Crippen LogP contribution in [0.4, 0.5) is 5.13 Å². The van der Waals surface area contributed by atoms with Gasteiger partial charge >= 0.3 is 0 Å². The number of thiazole rings is 1. The molecule has 1 N–H and O–H groups in total. The van der Waals surface area contributed by atoms with E-state index in [1.54, 1.807) is 36.8 Å². The first-order chi connectivity index (χ1) is 15.3. The molecule has 0 unspecified atom stereocenters. The summed E-state index contributed by atoms with van der Waals surface area (Å²) in [6, 6.07) is 14.1. The lowest BCUT2D eigenvalue weighted by Crippen LogP contribution is -2.14. The Kier molecular flexibility index (Phi) is 6.29. The summed E-state index contributed by atoms with van der Waals surface area (Å²) in [7, 11) is -1.80. The quantitative estimate of drug-likeness (QED) is 0.386. The van der Waals surface area contributed by atoms with E-state index in [1.807, 2.05) is 31.2 Å². The minimum atomic E-state index is -3.41. The zero-order valence-electron chi connectivity index (χ0n) is 17.6. The van der Waals surface area contributed by atoms with Gasteiger partial charge in [0.25, 0.3) is 0 Å². The van der Waals surface area contributed by atoms with Gasteiger partial charge in [0.05, 0.1) is 17.8 Å². The monoisotopic (exact) mass is 470 g/mol. The lowest BCUT2D eigenvalue weighted by molar-refractivity contribution is -0.116. The molecular weight excluding hydrogens is 448 g/mol. The number of nitrogens with one attached hydrogen (secondary N) is 1. The third-order valence-electron chi connectivity index (χ3n) is 4.92. The summed E-state index contributed by atoms with van der Waals surface area (Å²) in [5.41, 5.74) is 2.32. The molecule has 1 amide bonds. The van der Waals surface area contributed by atoms with Crippen LogP contribution in [-0.4, -0.2) is 32.2 Å². The van der Waals surface area contributed by atoms with E-state index in [2.05, 4.69) is 10.3 Å². The number of aryl methyl sites for hydroxylation is 1. The molecule has 0 saturated carbocycles. The van der Waals surface area contributed by atoms with Crippen molar-refractivity contribution in [2.75, 3.05) is 18.2 Å². The summed E-state index contributed by atoms with van der Waals surface area (Å²) >= 11 is 1.28. The van der Waals surface area contributed by atoms with Crippen LogP contribution < -0.4 is 10.1 Å². The van der Waals surface area contributed by atoms with E-state index in [-0.39, 0.29) is 29.4 Å². The molecule has 7 nitrogen and oxygen atoms in total. The van der Waals surface area contributed by atoms with Gasteiger partial charge in [0.1, 0.15) is 17.0 Å². The highest BCUT2D eigenvalue weighted by molar-refractivity contribution is 7.91. The maximum absolute atomic E-state index is 12.4. The van der Waals surface area contributed by atoms with Gasteiger partial charge in [0.2, 0.25) is 5.91 Å². The van der Waals surface area contributed by atoms with Crippen LogP contribution >= 0.6 is 11.3 Å². The molecule has 0 atom stereocenters. The Hall–Kier alpha value is -3.17. The molecule has 0 saturated heterocycles. The fraction of sp³-hybridized carbons (Fsp3) is 0.217. The number of anilines is 1. The molecule has 0 radical (unpaired) electrons. The van der Waals surface area contributed by atoms with Gasteiger partial charge in [-0.15, -0.1) is 11.3 Å². The van der Waals surface area contributed by atoms with Crippen molar-refractivity contribution in [3.8, 4) is 17.2 Å². The minimum Gasteiger partial charge on any atom is -0.497 e. The van der Waals surface area contributed by atoms with Gasteiger partial charge in [-0.2, -0.15) is 0 Å². The molecule has 2 aromatic carbocycles. The highest BCUT2D eigenvalue weighted by atomic mass is 32.2. The highest BCUT2D eigenvalue weighted by Gasteiger charge is 2.16. The Balaban J connectivity index is 1.34. The number of furan rings is 1. The van der Waals surface area contributed by atoms with Crippen LogP contribution in [-0.2, 0) is 14.6 Å². The molecule has 0 aliphatic carbocycles. The Morgan fingerprint density at radius 3 is 2.69 bits per heavy atom. The van der Waals surface area contributed by atoms with Gasteiger partial charge in [0, 0.05) is 17.2 Å². The first-order valence-electron chi connectivity index (χ1n) is 9.97. The smallest absolute Gasteiger partial charge is 0.226 e. The molecule has 2 heterocycles. The molecule has 0 spiro atoms. The Labute approximate surface area is 190 Å². The molecular formula is C23H22N2O5S2. The third kappa shape index (κ3) is 5.00. The summed E-state index contributed by atoms with van der Waals surface area (Å²) in [5, 5.41) is 5.86. The van der Waals surface area contributed by atoms with Crippen LogP contribution in [0.3, 0.4) is 0 Å². The molecule has 2 aromatic heterocycles. The van der Waals surface area contributed by atoms with Crippen molar-refractivity contribution >= 4 is 43.2 Å². The van der Waals surface area contributed by atoms with Crippen molar-refractivity contribution < 1.29 is 22.4 Å². The Morgan fingerprint density at radius 1 is 1.16 bits per heavy atom. The number of fused-ring (bicyclic) bond motifs is 1. The van der Waals surface area contributed by atoms with Crippen LogP contribution in [0, 0.1) is 6.92 Å². The number of hydrogen-bond acceptors (Lipinski definition) is 7. The average Bonchev–Trinajstić information content (AvgIpc) is 3.40. The number of ether oxygens (including phenoxy) is 1. The molecule has 0 aliphatic rings. The van der Waals surface area contributed by atoms with Crippen molar-refractivity contribution in [3.63, 3.8) is 0 Å². The first kappa shape index (κ1) is 22.0. The molecule has 4 rings (SSSR count). The number of amides is 1. The van der Waals surface area contributed by atoms with E-state index in [4.69, 9.17) is 9.15 Å².